The molecule has 4 N–H and O–H groups in total. The summed E-state index contributed by atoms with van der Waals surface area (Å²) in [6.45, 7) is 0. The Hall–Kier alpha value is -2.57. The number of aromatic amines is 1. The van der Waals surface area contributed by atoms with Crippen LogP contribution in [0.1, 0.15) is 6.42 Å². The average molecular weight is 414 g/mol. The van der Waals surface area contributed by atoms with E-state index >= 15 is 0 Å². The van der Waals surface area contributed by atoms with Crippen LogP contribution in [0.4, 0.5) is 5.69 Å². The van der Waals surface area contributed by atoms with Gasteiger partial charge in [-0.25, -0.2) is 9.97 Å². The van der Waals surface area contributed by atoms with Crippen LogP contribution in [0.25, 0.3) is 22.6 Å². The maximum Gasteiger partial charge on any atom is 0.223 e. The number of H-pyrrole nitrogens is 1. The Labute approximate surface area is 171 Å². The van der Waals surface area contributed by atoms with E-state index in [1.165, 1.54) is 0 Å². The summed E-state index contributed by atoms with van der Waals surface area (Å²) in [5.74, 6) is 0.472. The van der Waals surface area contributed by atoms with E-state index < -0.39 is 0 Å². The van der Waals surface area contributed by atoms with Crippen molar-refractivity contribution in [3.63, 3.8) is 0 Å². The molecule has 142 valence electrons. The molecule has 2 aliphatic rings. The summed E-state index contributed by atoms with van der Waals surface area (Å²) in [7, 11) is 0. The van der Waals surface area contributed by atoms with Gasteiger partial charge in [0.1, 0.15) is 11.3 Å². The van der Waals surface area contributed by atoms with Crippen molar-refractivity contribution in [1.29, 1.82) is 0 Å². The van der Waals surface area contributed by atoms with Crippen LogP contribution >= 0.6 is 23.2 Å². The number of benzene rings is 1. The van der Waals surface area contributed by atoms with Crippen molar-refractivity contribution in [2.45, 2.75) is 12.5 Å². The standard InChI is InChI=1S/C20H17Cl2N5O/c21-12-4-2-1-3-11(12)19-26-17-16(13(22)8-24-20(17)27-19)25-15-10-6-5-9(7-10)14(15)18(23)28/h1-6,8-10,14-15H,7H2,(H2,23,28)(H2,24,25,26,27)/t9-,10+,14+,15-/m1/s1. The summed E-state index contributed by atoms with van der Waals surface area (Å²) in [5.41, 5.74) is 8.34. The van der Waals surface area contributed by atoms with Crippen molar-refractivity contribution in [2.24, 2.45) is 23.5 Å². The predicted octanol–water partition coefficient (Wildman–Crippen LogP) is 4.02. The molecular formula is C20H17Cl2N5O. The molecular weight excluding hydrogens is 397 g/mol. The Bertz CT molecular complexity index is 1120. The number of anilines is 1. The number of aromatic nitrogens is 3. The van der Waals surface area contributed by atoms with E-state index in [1.807, 2.05) is 24.3 Å². The van der Waals surface area contributed by atoms with Crippen LogP contribution in [-0.2, 0) is 4.79 Å². The number of fused-ring (bicyclic) bond motifs is 3. The smallest absolute Gasteiger partial charge is 0.223 e. The number of nitrogens with zero attached hydrogens (tertiary/aromatic N) is 2. The molecule has 2 aromatic heterocycles. The second-order valence-corrected chi connectivity index (χ2v) is 8.11. The topological polar surface area (TPSA) is 96.7 Å². The lowest BCUT2D eigenvalue weighted by atomic mass is 9.88. The van der Waals surface area contributed by atoms with Crippen molar-refractivity contribution in [1.82, 2.24) is 15.0 Å². The van der Waals surface area contributed by atoms with Gasteiger partial charge in [0.05, 0.1) is 27.8 Å². The average Bonchev–Trinajstić information content (AvgIpc) is 3.38. The predicted molar refractivity (Wildman–Crippen MR) is 110 cm³/mol. The molecule has 2 aliphatic carbocycles. The van der Waals surface area contributed by atoms with Gasteiger partial charge in [-0.3, -0.25) is 4.79 Å². The maximum absolute atomic E-state index is 12.0. The summed E-state index contributed by atoms with van der Waals surface area (Å²) in [6, 6.07) is 7.35. The zero-order chi connectivity index (χ0) is 19.4. The first-order chi connectivity index (χ1) is 13.5. The molecule has 0 unspecified atom stereocenters. The van der Waals surface area contributed by atoms with Gasteiger partial charge in [0.2, 0.25) is 5.91 Å². The van der Waals surface area contributed by atoms with Gasteiger partial charge in [-0.15, -0.1) is 0 Å². The fourth-order valence-corrected chi connectivity index (χ4v) is 4.85. The third kappa shape index (κ3) is 2.67. The van der Waals surface area contributed by atoms with Crippen molar-refractivity contribution < 1.29 is 4.79 Å². The number of primary amides is 1. The van der Waals surface area contributed by atoms with Gasteiger partial charge in [0.15, 0.2) is 5.65 Å². The minimum atomic E-state index is -0.294. The van der Waals surface area contributed by atoms with Gasteiger partial charge in [-0.05, 0) is 30.4 Å². The van der Waals surface area contributed by atoms with Crippen LogP contribution < -0.4 is 11.1 Å². The van der Waals surface area contributed by atoms with Gasteiger partial charge >= 0.3 is 0 Å². The third-order valence-corrected chi connectivity index (χ3v) is 6.32. The molecule has 4 atom stereocenters. The van der Waals surface area contributed by atoms with Crippen LogP contribution in [0.2, 0.25) is 10.0 Å². The van der Waals surface area contributed by atoms with Crippen molar-refractivity contribution in [3.8, 4) is 11.4 Å². The Morgan fingerprint density at radius 2 is 1.96 bits per heavy atom. The third-order valence-electron chi connectivity index (χ3n) is 5.70. The number of pyridine rings is 1. The van der Waals surface area contributed by atoms with Crippen LogP contribution in [0.3, 0.4) is 0 Å². The number of carbonyl (C=O) groups is 1. The molecule has 3 aromatic rings. The van der Waals surface area contributed by atoms with Crippen molar-refractivity contribution >= 4 is 46.0 Å². The highest BCUT2D eigenvalue weighted by molar-refractivity contribution is 6.34. The van der Waals surface area contributed by atoms with Gasteiger partial charge in [0, 0.05) is 11.6 Å². The lowest BCUT2D eigenvalue weighted by Crippen LogP contribution is -2.41. The molecule has 1 aromatic carbocycles. The molecule has 0 aliphatic heterocycles. The Morgan fingerprint density at radius 1 is 1.18 bits per heavy atom. The summed E-state index contributed by atoms with van der Waals surface area (Å²) >= 11 is 12.8. The molecule has 1 saturated carbocycles. The zero-order valence-corrected chi connectivity index (χ0v) is 16.2. The number of amides is 1. The Morgan fingerprint density at radius 3 is 2.75 bits per heavy atom. The van der Waals surface area contributed by atoms with Crippen molar-refractivity contribution in [3.05, 3.63) is 52.7 Å². The molecule has 2 bridgehead atoms. The number of rotatable bonds is 4. The fraction of sp³-hybridized carbons (Fsp3) is 0.250. The van der Waals surface area contributed by atoms with E-state index in [4.69, 9.17) is 28.9 Å². The van der Waals surface area contributed by atoms with Crippen molar-refractivity contribution in [2.75, 3.05) is 5.32 Å². The minimum Gasteiger partial charge on any atom is -0.378 e. The number of carbonyl (C=O) groups excluding carboxylic acids is 1. The first-order valence-electron chi connectivity index (χ1n) is 9.06. The first kappa shape index (κ1) is 17.5. The van der Waals surface area contributed by atoms with E-state index in [9.17, 15) is 4.79 Å². The van der Waals surface area contributed by atoms with E-state index in [2.05, 4.69) is 32.4 Å². The molecule has 0 radical (unpaired) electrons. The molecule has 1 amide bonds. The number of halogens is 2. The fourth-order valence-electron chi connectivity index (χ4n) is 4.43. The van der Waals surface area contributed by atoms with Gasteiger partial charge in [-0.2, -0.15) is 0 Å². The lowest BCUT2D eigenvalue weighted by Gasteiger charge is -2.28. The molecule has 28 heavy (non-hydrogen) atoms. The first-order valence-corrected chi connectivity index (χ1v) is 9.82. The molecule has 0 spiro atoms. The number of hydrogen-bond donors (Lipinski definition) is 3. The largest absolute Gasteiger partial charge is 0.378 e. The molecule has 1 fully saturated rings. The van der Waals surface area contributed by atoms with Gasteiger partial charge in [0.25, 0.3) is 0 Å². The van der Waals surface area contributed by atoms with E-state index in [1.54, 1.807) is 6.20 Å². The monoisotopic (exact) mass is 413 g/mol. The molecule has 8 heteroatoms. The van der Waals surface area contributed by atoms with Gasteiger partial charge in [-0.1, -0.05) is 47.5 Å². The second-order valence-electron chi connectivity index (χ2n) is 7.29. The summed E-state index contributed by atoms with van der Waals surface area (Å²) < 4.78 is 0. The maximum atomic E-state index is 12.0. The highest BCUT2D eigenvalue weighted by atomic mass is 35.5. The van der Waals surface area contributed by atoms with Crippen LogP contribution in [0, 0.1) is 17.8 Å². The quantitative estimate of drug-likeness (QED) is 0.562. The molecule has 6 nitrogen and oxygen atoms in total. The summed E-state index contributed by atoms with van der Waals surface area (Å²) in [6.07, 6.45) is 6.72. The van der Waals surface area contributed by atoms with E-state index in [0.29, 0.717) is 32.7 Å². The lowest BCUT2D eigenvalue weighted by molar-refractivity contribution is -0.122. The second kappa shape index (κ2) is 6.50. The summed E-state index contributed by atoms with van der Waals surface area (Å²) in [4.78, 5) is 24.2. The normalized spacial score (nSPS) is 25.5. The highest BCUT2D eigenvalue weighted by Gasteiger charge is 2.47. The molecule has 5 rings (SSSR count). The number of nitrogens with one attached hydrogen (secondary N) is 2. The minimum absolute atomic E-state index is 0.109. The SMILES string of the molecule is NC(=O)[C@@H]1[C@H](Nc2c(Cl)cnc3nc(-c4ccccc4Cl)[nH]c23)[C@H]2C=C[C@@H]1C2. The van der Waals surface area contributed by atoms with E-state index in [0.717, 1.165) is 12.0 Å². The number of hydrogen-bond acceptors (Lipinski definition) is 4. The van der Waals surface area contributed by atoms with E-state index in [-0.39, 0.29) is 29.7 Å². The number of nitrogens with two attached hydrogens (primary N) is 1. The number of allylic oxidation sites excluding steroid dienone is 1. The summed E-state index contributed by atoms with van der Waals surface area (Å²) in [5, 5.41) is 4.51. The zero-order valence-electron chi connectivity index (χ0n) is 14.7. The van der Waals surface area contributed by atoms with Crippen LogP contribution in [0.5, 0.6) is 0 Å². The van der Waals surface area contributed by atoms with Crippen LogP contribution in [0.15, 0.2) is 42.6 Å². The highest BCUT2D eigenvalue weighted by Crippen LogP contribution is 2.46. The Balaban J connectivity index is 1.58. The molecule has 0 saturated heterocycles. The van der Waals surface area contributed by atoms with Gasteiger partial charge < -0.3 is 16.0 Å². The molecule has 2 heterocycles. The van der Waals surface area contributed by atoms with Crippen LogP contribution in [-0.4, -0.2) is 26.9 Å². The number of imidazole rings is 1. The Kier molecular flexibility index (Phi) is 4.07.